The molecule has 1 heterocycles. The van der Waals surface area contributed by atoms with Crippen LogP contribution in [-0.4, -0.2) is 24.2 Å². The molecule has 0 fully saturated rings. The fourth-order valence-electron chi connectivity index (χ4n) is 2.94. The van der Waals surface area contributed by atoms with Gasteiger partial charge < -0.3 is 4.74 Å². The van der Waals surface area contributed by atoms with E-state index in [1.165, 1.54) is 16.7 Å². The highest BCUT2D eigenvalue weighted by Crippen LogP contribution is 2.38. The van der Waals surface area contributed by atoms with Crippen LogP contribution in [0.4, 0.5) is 5.69 Å². The van der Waals surface area contributed by atoms with Gasteiger partial charge in [-0.3, -0.25) is 9.59 Å². The lowest BCUT2D eigenvalue weighted by molar-refractivity contribution is -0.119. The van der Waals surface area contributed by atoms with Crippen molar-refractivity contribution in [3.05, 3.63) is 64.6 Å². The van der Waals surface area contributed by atoms with Gasteiger partial charge in [-0.05, 0) is 53.6 Å². The van der Waals surface area contributed by atoms with Gasteiger partial charge >= 0.3 is 0 Å². The molecular weight excluding hydrogens is 384 g/mol. The van der Waals surface area contributed by atoms with Crippen LogP contribution in [0.5, 0.6) is 5.75 Å². The number of imide groups is 1. The molecule has 0 bridgehead atoms. The molecule has 3 rings (SSSR count). The lowest BCUT2D eigenvalue weighted by atomic mass is 10.1. The van der Waals surface area contributed by atoms with E-state index in [-0.39, 0.29) is 11.8 Å². The first kappa shape index (κ1) is 20.7. The number of ether oxygens (including phenoxy) is 1. The van der Waals surface area contributed by atoms with E-state index in [2.05, 4.69) is 13.8 Å². The number of hydrogen-bond acceptors (Lipinski definition) is 5. The average molecular weight is 407 g/mol. The SMILES string of the molecule is CCSC1=C(c2ccc(OCC(C)C)cc2)C(=O)N(c2ccc(C#N)cc2)C1=O. The minimum Gasteiger partial charge on any atom is -0.493 e. The van der Waals surface area contributed by atoms with Gasteiger partial charge in [0.2, 0.25) is 0 Å². The fraction of sp³-hybridized carbons (Fsp3) is 0.261. The number of rotatable bonds is 7. The van der Waals surface area contributed by atoms with Crippen LogP contribution < -0.4 is 9.64 Å². The minimum atomic E-state index is -0.355. The monoisotopic (exact) mass is 406 g/mol. The molecule has 148 valence electrons. The van der Waals surface area contributed by atoms with Crippen molar-refractivity contribution in [1.82, 2.24) is 0 Å². The van der Waals surface area contributed by atoms with Crippen LogP contribution in [0.2, 0.25) is 0 Å². The van der Waals surface area contributed by atoms with E-state index in [9.17, 15) is 9.59 Å². The van der Waals surface area contributed by atoms with Crippen molar-refractivity contribution >= 4 is 34.8 Å². The largest absolute Gasteiger partial charge is 0.493 e. The lowest BCUT2D eigenvalue weighted by Gasteiger charge is -2.15. The van der Waals surface area contributed by atoms with E-state index in [1.807, 2.05) is 37.3 Å². The van der Waals surface area contributed by atoms with Crippen molar-refractivity contribution in [2.45, 2.75) is 20.8 Å². The summed E-state index contributed by atoms with van der Waals surface area (Å²) in [5.41, 5.74) is 2.02. The molecule has 0 spiro atoms. The van der Waals surface area contributed by atoms with Gasteiger partial charge in [-0.1, -0.05) is 32.9 Å². The van der Waals surface area contributed by atoms with E-state index in [4.69, 9.17) is 10.00 Å². The Labute approximate surface area is 175 Å². The molecule has 5 nitrogen and oxygen atoms in total. The third-order valence-corrected chi connectivity index (χ3v) is 5.27. The number of amides is 2. The number of thioether (sulfide) groups is 1. The summed E-state index contributed by atoms with van der Waals surface area (Å²) in [5, 5.41) is 8.97. The van der Waals surface area contributed by atoms with Gasteiger partial charge in [0.25, 0.3) is 11.8 Å². The molecule has 2 aromatic carbocycles. The Morgan fingerprint density at radius 2 is 1.69 bits per heavy atom. The van der Waals surface area contributed by atoms with Gasteiger partial charge in [0.15, 0.2) is 0 Å². The molecule has 0 N–H and O–H groups in total. The fourth-order valence-corrected chi connectivity index (χ4v) is 3.80. The Balaban J connectivity index is 1.93. The van der Waals surface area contributed by atoms with Crippen molar-refractivity contribution < 1.29 is 14.3 Å². The lowest BCUT2D eigenvalue weighted by Crippen LogP contribution is -2.31. The van der Waals surface area contributed by atoms with Gasteiger partial charge in [-0.2, -0.15) is 5.26 Å². The number of benzene rings is 2. The maximum atomic E-state index is 13.2. The first-order chi connectivity index (χ1) is 14.0. The molecule has 2 aromatic rings. The number of anilines is 1. The van der Waals surface area contributed by atoms with Crippen LogP contribution in [0.1, 0.15) is 31.9 Å². The molecular formula is C23H22N2O3S. The second kappa shape index (κ2) is 8.97. The summed E-state index contributed by atoms with van der Waals surface area (Å²) in [4.78, 5) is 27.8. The zero-order valence-electron chi connectivity index (χ0n) is 16.6. The van der Waals surface area contributed by atoms with Crippen LogP contribution in [0.3, 0.4) is 0 Å². The Bertz CT molecular complexity index is 986. The minimum absolute atomic E-state index is 0.332. The predicted molar refractivity (Wildman–Crippen MR) is 115 cm³/mol. The highest BCUT2D eigenvalue weighted by atomic mass is 32.2. The Hall–Kier alpha value is -3.04. The molecule has 1 aliphatic rings. The Morgan fingerprint density at radius 3 is 2.24 bits per heavy atom. The molecule has 29 heavy (non-hydrogen) atoms. The first-order valence-electron chi connectivity index (χ1n) is 9.45. The van der Waals surface area contributed by atoms with Gasteiger partial charge in [-0.25, -0.2) is 4.90 Å². The number of hydrogen-bond donors (Lipinski definition) is 0. The maximum absolute atomic E-state index is 13.2. The van der Waals surface area contributed by atoms with Gasteiger partial charge in [0.1, 0.15) is 5.75 Å². The summed E-state index contributed by atoms with van der Waals surface area (Å²) in [6.07, 6.45) is 0. The van der Waals surface area contributed by atoms with E-state index >= 15 is 0 Å². The van der Waals surface area contributed by atoms with E-state index in [0.717, 1.165) is 5.75 Å². The Morgan fingerprint density at radius 1 is 1.03 bits per heavy atom. The number of nitriles is 1. The molecule has 0 aromatic heterocycles. The van der Waals surface area contributed by atoms with Crippen molar-refractivity contribution in [2.24, 2.45) is 5.92 Å². The third-order valence-electron chi connectivity index (χ3n) is 4.31. The number of carbonyl (C=O) groups excluding carboxylic acids is 2. The van der Waals surface area contributed by atoms with Crippen LogP contribution in [-0.2, 0) is 9.59 Å². The zero-order chi connectivity index (χ0) is 21.0. The Kier molecular flexibility index (Phi) is 6.40. The highest BCUT2D eigenvalue weighted by molar-refractivity contribution is 8.04. The average Bonchev–Trinajstić information content (AvgIpc) is 2.97. The molecule has 0 saturated carbocycles. The second-order valence-corrected chi connectivity index (χ2v) is 8.25. The second-order valence-electron chi connectivity index (χ2n) is 6.97. The first-order valence-corrected chi connectivity index (χ1v) is 10.4. The topological polar surface area (TPSA) is 70.4 Å². The number of nitrogens with zero attached hydrogens (tertiary/aromatic N) is 2. The molecule has 1 aliphatic heterocycles. The molecule has 0 saturated heterocycles. The van der Waals surface area contributed by atoms with Crippen LogP contribution in [0, 0.1) is 17.2 Å². The standard InChI is InChI=1S/C23H22N2O3S/c1-4-29-21-20(17-7-11-19(12-8-17)28-14-15(2)3)22(26)25(23(21)27)18-9-5-16(13-24)6-10-18/h5-12,15H,4,14H2,1-3H3. The molecule has 0 unspecified atom stereocenters. The van der Waals surface area contributed by atoms with Crippen LogP contribution in [0.15, 0.2) is 53.4 Å². The molecule has 0 atom stereocenters. The predicted octanol–water partition coefficient (Wildman–Crippen LogP) is 4.63. The van der Waals surface area contributed by atoms with Gasteiger partial charge in [-0.15, -0.1) is 11.8 Å². The molecule has 0 radical (unpaired) electrons. The highest BCUT2D eigenvalue weighted by Gasteiger charge is 2.39. The van der Waals surface area contributed by atoms with E-state index in [1.54, 1.807) is 24.3 Å². The molecule has 6 heteroatoms. The van der Waals surface area contributed by atoms with E-state index < -0.39 is 0 Å². The summed E-state index contributed by atoms with van der Waals surface area (Å²) in [6.45, 7) is 6.71. The van der Waals surface area contributed by atoms with Crippen molar-refractivity contribution in [1.29, 1.82) is 5.26 Å². The normalized spacial score (nSPS) is 14.0. The van der Waals surface area contributed by atoms with Gasteiger partial charge in [0.05, 0.1) is 34.4 Å². The summed E-state index contributed by atoms with van der Waals surface area (Å²) in [6, 6.07) is 15.7. The van der Waals surface area contributed by atoms with Crippen LogP contribution >= 0.6 is 11.8 Å². The van der Waals surface area contributed by atoms with Crippen molar-refractivity contribution in [3.8, 4) is 11.8 Å². The summed E-state index contributed by atoms with van der Waals surface area (Å²) >= 11 is 1.36. The van der Waals surface area contributed by atoms with Crippen LogP contribution in [0.25, 0.3) is 5.57 Å². The molecule has 0 aliphatic carbocycles. The summed E-state index contributed by atoms with van der Waals surface area (Å²) in [7, 11) is 0. The van der Waals surface area contributed by atoms with Crippen molar-refractivity contribution in [3.63, 3.8) is 0 Å². The molecule has 2 amide bonds. The van der Waals surface area contributed by atoms with Gasteiger partial charge in [0, 0.05) is 0 Å². The zero-order valence-corrected chi connectivity index (χ0v) is 17.5. The van der Waals surface area contributed by atoms with E-state index in [0.29, 0.717) is 45.6 Å². The quantitative estimate of drug-likeness (QED) is 0.627. The number of carbonyl (C=O) groups is 2. The summed E-state index contributed by atoms with van der Waals surface area (Å²) in [5.74, 6) is 1.14. The third kappa shape index (κ3) is 4.36. The van der Waals surface area contributed by atoms with Crippen molar-refractivity contribution in [2.75, 3.05) is 17.3 Å². The summed E-state index contributed by atoms with van der Waals surface area (Å²) < 4.78 is 5.71. The maximum Gasteiger partial charge on any atom is 0.272 e. The smallest absolute Gasteiger partial charge is 0.272 e.